The van der Waals surface area contributed by atoms with E-state index in [1.165, 1.54) is 25.7 Å². The quantitative estimate of drug-likeness (QED) is 0.838. The zero-order valence-corrected chi connectivity index (χ0v) is 12.7. The molecule has 1 aliphatic carbocycles. The zero-order valence-electron chi connectivity index (χ0n) is 12.7. The van der Waals surface area contributed by atoms with Crippen molar-refractivity contribution in [1.82, 2.24) is 5.32 Å². The van der Waals surface area contributed by atoms with Crippen LogP contribution in [0.25, 0.3) is 0 Å². The lowest BCUT2D eigenvalue weighted by Gasteiger charge is -2.26. The SMILES string of the molecule is CC1CCC(CNC(=O)c2ccc(C#CCN)cc2)CC1. The monoisotopic (exact) mass is 284 g/mol. The maximum Gasteiger partial charge on any atom is 0.251 e. The fourth-order valence-corrected chi connectivity index (χ4v) is 2.73. The Labute approximate surface area is 127 Å². The van der Waals surface area contributed by atoms with Gasteiger partial charge in [-0.3, -0.25) is 4.79 Å². The minimum Gasteiger partial charge on any atom is -0.352 e. The van der Waals surface area contributed by atoms with E-state index in [1.54, 1.807) is 0 Å². The highest BCUT2D eigenvalue weighted by Gasteiger charge is 2.18. The third-order valence-electron chi connectivity index (χ3n) is 4.17. The van der Waals surface area contributed by atoms with E-state index < -0.39 is 0 Å². The lowest BCUT2D eigenvalue weighted by atomic mass is 9.83. The van der Waals surface area contributed by atoms with E-state index in [1.807, 2.05) is 24.3 Å². The lowest BCUT2D eigenvalue weighted by molar-refractivity contribution is 0.0942. The molecule has 0 aliphatic heterocycles. The molecule has 3 nitrogen and oxygen atoms in total. The minimum atomic E-state index is 0.00644. The molecule has 0 aromatic heterocycles. The molecular formula is C18H24N2O. The van der Waals surface area contributed by atoms with Crippen LogP contribution in [-0.4, -0.2) is 19.0 Å². The number of rotatable bonds is 3. The van der Waals surface area contributed by atoms with Crippen LogP contribution in [0.2, 0.25) is 0 Å². The summed E-state index contributed by atoms with van der Waals surface area (Å²) in [5, 5.41) is 3.05. The summed E-state index contributed by atoms with van der Waals surface area (Å²) in [4.78, 5) is 12.1. The van der Waals surface area contributed by atoms with Crippen molar-refractivity contribution in [3.63, 3.8) is 0 Å². The van der Waals surface area contributed by atoms with Gasteiger partial charge in [0.2, 0.25) is 0 Å². The summed E-state index contributed by atoms with van der Waals surface area (Å²) in [7, 11) is 0. The number of benzene rings is 1. The predicted molar refractivity (Wildman–Crippen MR) is 85.8 cm³/mol. The van der Waals surface area contributed by atoms with Gasteiger partial charge < -0.3 is 11.1 Å². The van der Waals surface area contributed by atoms with E-state index in [4.69, 9.17) is 5.73 Å². The van der Waals surface area contributed by atoms with Crippen molar-refractivity contribution in [2.45, 2.75) is 32.6 Å². The number of hydrogen-bond donors (Lipinski definition) is 2. The molecule has 0 saturated heterocycles. The van der Waals surface area contributed by atoms with Gasteiger partial charge in [-0.2, -0.15) is 0 Å². The summed E-state index contributed by atoms with van der Waals surface area (Å²) in [5.74, 6) is 7.25. The highest BCUT2D eigenvalue weighted by atomic mass is 16.1. The van der Waals surface area contributed by atoms with E-state index in [9.17, 15) is 4.79 Å². The van der Waals surface area contributed by atoms with Crippen LogP contribution in [0.15, 0.2) is 24.3 Å². The Bertz CT molecular complexity index is 516. The van der Waals surface area contributed by atoms with Crippen LogP contribution >= 0.6 is 0 Å². The molecule has 0 atom stereocenters. The Morgan fingerprint density at radius 3 is 2.52 bits per heavy atom. The van der Waals surface area contributed by atoms with Crippen LogP contribution in [0.1, 0.15) is 48.5 Å². The first-order valence-electron chi connectivity index (χ1n) is 7.76. The molecule has 0 bridgehead atoms. The first kappa shape index (κ1) is 15.6. The molecule has 1 aliphatic rings. The summed E-state index contributed by atoms with van der Waals surface area (Å²) in [6, 6.07) is 7.36. The van der Waals surface area contributed by atoms with Crippen LogP contribution < -0.4 is 11.1 Å². The van der Waals surface area contributed by atoms with Gasteiger partial charge >= 0.3 is 0 Å². The third-order valence-corrected chi connectivity index (χ3v) is 4.17. The third kappa shape index (κ3) is 4.91. The van der Waals surface area contributed by atoms with Crippen LogP contribution in [-0.2, 0) is 0 Å². The Kier molecular flexibility index (Phi) is 5.83. The molecular weight excluding hydrogens is 260 g/mol. The summed E-state index contributed by atoms with van der Waals surface area (Å²) < 4.78 is 0. The number of nitrogens with one attached hydrogen (secondary N) is 1. The van der Waals surface area contributed by atoms with Crippen molar-refractivity contribution in [2.75, 3.05) is 13.1 Å². The lowest BCUT2D eigenvalue weighted by Crippen LogP contribution is -2.31. The van der Waals surface area contributed by atoms with E-state index in [0.717, 1.165) is 18.0 Å². The van der Waals surface area contributed by atoms with Crippen molar-refractivity contribution < 1.29 is 4.79 Å². The smallest absolute Gasteiger partial charge is 0.251 e. The topological polar surface area (TPSA) is 55.1 Å². The second-order valence-electron chi connectivity index (χ2n) is 5.92. The standard InChI is InChI=1S/C18H24N2O/c1-14-4-6-16(7-5-14)13-20-18(21)17-10-8-15(9-11-17)3-2-12-19/h8-11,14,16H,4-7,12-13,19H2,1H3,(H,20,21). The van der Waals surface area contributed by atoms with Crippen molar-refractivity contribution in [3.05, 3.63) is 35.4 Å². The normalized spacial score (nSPS) is 21.2. The number of nitrogens with two attached hydrogens (primary N) is 1. The molecule has 1 aromatic carbocycles. The molecule has 1 aromatic rings. The number of carbonyl (C=O) groups excluding carboxylic acids is 1. The Morgan fingerprint density at radius 2 is 1.90 bits per heavy atom. The summed E-state index contributed by atoms with van der Waals surface area (Å²) >= 11 is 0. The minimum absolute atomic E-state index is 0.00644. The van der Waals surface area contributed by atoms with Gasteiger partial charge in [0, 0.05) is 17.7 Å². The highest BCUT2D eigenvalue weighted by Crippen LogP contribution is 2.27. The number of amides is 1. The van der Waals surface area contributed by atoms with Crippen LogP contribution in [0.4, 0.5) is 0 Å². The summed E-state index contributed by atoms with van der Waals surface area (Å²) in [6.07, 6.45) is 5.04. The molecule has 3 heteroatoms. The first-order valence-corrected chi connectivity index (χ1v) is 7.76. The maximum absolute atomic E-state index is 12.1. The number of hydrogen-bond acceptors (Lipinski definition) is 2. The second-order valence-corrected chi connectivity index (χ2v) is 5.92. The predicted octanol–water partition coefficient (Wildman–Crippen LogP) is 2.55. The highest BCUT2D eigenvalue weighted by molar-refractivity contribution is 5.94. The van der Waals surface area contributed by atoms with Gasteiger partial charge in [-0.1, -0.05) is 31.6 Å². The fraction of sp³-hybridized carbons (Fsp3) is 0.500. The second kappa shape index (κ2) is 7.85. The molecule has 0 unspecified atom stereocenters. The van der Waals surface area contributed by atoms with Gasteiger partial charge in [0.15, 0.2) is 0 Å². The van der Waals surface area contributed by atoms with E-state index >= 15 is 0 Å². The van der Waals surface area contributed by atoms with E-state index in [-0.39, 0.29) is 5.91 Å². The summed E-state index contributed by atoms with van der Waals surface area (Å²) in [6.45, 7) is 3.45. The first-order chi connectivity index (χ1) is 10.2. The van der Waals surface area contributed by atoms with Gasteiger partial charge in [0.1, 0.15) is 0 Å². The fourth-order valence-electron chi connectivity index (χ4n) is 2.73. The van der Waals surface area contributed by atoms with Gasteiger partial charge in [0.25, 0.3) is 5.91 Å². The molecule has 21 heavy (non-hydrogen) atoms. The van der Waals surface area contributed by atoms with E-state index in [0.29, 0.717) is 18.0 Å². The molecule has 0 radical (unpaired) electrons. The molecule has 1 amide bonds. The van der Waals surface area contributed by atoms with Crippen LogP contribution in [0.5, 0.6) is 0 Å². The molecule has 1 saturated carbocycles. The largest absolute Gasteiger partial charge is 0.352 e. The molecule has 1 fully saturated rings. The molecule has 2 rings (SSSR count). The van der Waals surface area contributed by atoms with Crippen molar-refractivity contribution in [3.8, 4) is 11.8 Å². The van der Waals surface area contributed by atoms with Crippen molar-refractivity contribution in [1.29, 1.82) is 0 Å². The van der Waals surface area contributed by atoms with Crippen LogP contribution in [0.3, 0.4) is 0 Å². The average molecular weight is 284 g/mol. The number of carbonyl (C=O) groups is 1. The molecule has 3 N–H and O–H groups in total. The Balaban J connectivity index is 1.83. The average Bonchev–Trinajstić information content (AvgIpc) is 2.52. The van der Waals surface area contributed by atoms with Gasteiger partial charge in [-0.15, -0.1) is 0 Å². The molecule has 0 heterocycles. The zero-order chi connectivity index (χ0) is 15.1. The molecule has 0 spiro atoms. The Hall–Kier alpha value is -1.79. The van der Waals surface area contributed by atoms with E-state index in [2.05, 4.69) is 24.1 Å². The van der Waals surface area contributed by atoms with Crippen molar-refractivity contribution in [2.24, 2.45) is 17.6 Å². The molecule has 112 valence electrons. The maximum atomic E-state index is 12.1. The van der Waals surface area contributed by atoms with Gasteiger partial charge in [0.05, 0.1) is 6.54 Å². The van der Waals surface area contributed by atoms with Gasteiger partial charge in [-0.05, 0) is 48.9 Å². The van der Waals surface area contributed by atoms with Crippen LogP contribution in [0, 0.1) is 23.7 Å². The van der Waals surface area contributed by atoms with Gasteiger partial charge in [-0.25, -0.2) is 0 Å². The summed E-state index contributed by atoms with van der Waals surface area (Å²) in [5.41, 5.74) is 6.92. The Morgan fingerprint density at radius 1 is 1.24 bits per heavy atom. The van der Waals surface area contributed by atoms with Crippen molar-refractivity contribution >= 4 is 5.91 Å².